The number of benzene rings is 1. The minimum absolute atomic E-state index is 0.689. The zero-order valence-electron chi connectivity index (χ0n) is 15.9. The fraction of sp³-hybridized carbons (Fsp3) is 0.318. The molecule has 0 atom stereocenters. The Balaban J connectivity index is 1.48. The molecule has 1 aliphatic heterocycles. The molecule has 0 radical (unpaired) electrons. The van der Waals surface area contributed by atoms with E-state index in [1.54, 1.807) is 6.20 Å². The maximum Gasteiger partial charge on any atom is 0.217 e. The molecule has 4 rings (SSSR count). The molecule has 0 amide bonds. The molecule has 3 aromatic rings. The van der Waals surface area contributed by atoms with Gasteiger partial charge in [0.1, 0.15) is 0 Å². The van der Waals surface area contributed by atoms with E-state index in [1.165, 1.54) is 5.56 Å². The molecule has 0 fully saturated rings. The average Bonchev–Trinajstić information content (AvgIpc) is 2.73. The highest BCUT2D eigenvalue weighted by molar-refractivity contribution is 6.30. The summed E-state index contributed by atoms with van der Waals surface area (Å²) in [6.45, 7) is 5.38. The van der Waals surface area contributed by atoms with Gasteiger partial charge in [0, 0.05) is 60.2 Å². The van der Waals surface area contributed by atoms with Crippen LogP contribution in [0.15, 0.2) is 48.8 Å². The quantitative estimate of drug-likeness (QED) is 0.614. The summed E-state index contributed by atoms with van der Waals surface area (Å²) in [4.78, 5) is 16.2. The lowest BCUT2D eigenvalue weighted by molar-refractivity contribution is 0.233. The smallest absolute Gasteiger partial charge is 0.217 e. The second-order valence-electron chi connectivity index (χ2n) is 6.95. The first-order valence-corrected chi connectivity index (χ1v) is 10.0. The van der Waals surface area contributed by atoms with Crippen LogP contribution in [0.25, 0.3) is 11.4 Å². The standard InChI is InChI=1S/C22H23ClN4O/c1-2-12-28-22-17(4-3-10-24-22)14-27-11-9-20-18(15-27)13-25-21(26-20)16-5-7-19(23)8-6-16/h3-8,10,13H,2,9,11-12,14-15H2,1H3. The number of aromatic nitrogens is 3. The molecule has 0 saturated heterocycles. The van der Waals surface area contributed by atoms with E-state index in [-0.39, 0.29) is 0 Å². The highest BCUT2D eigenvalue weighted by Crippen LogP contribution is 2.24. The molecule has 1 aliphatic rings. The van der Waals surface area contributed by atoms with Crippen LogP contribution in [0.4, 0.5) is 0 Å². The molecule has 6 heteroatoms. The van der Waals surface area contributed by atoms with Gasteiger partial charge >= 0.3 is 0 Å². The monoisotopic (exact) mass is 394 g/mol. The summed E-state index contributed by atoms with van der Waals surface area (Å²) in [6, 6.07) is 11.7. The molecule has 0 unspecified atom stereocenters. The third-order valence-electron chi connectivity index (χ3n) is 4.80. The van der Waals surface area contributed by atoms with Crippen molar-refractivity contribution in [3.05, 3.63) is 70.6 Å². The van der Waals surface area contributed by atoms with Crippen LogP contribution in [-0.4, -0.2) is 33.0 Å². The molecule has 144 valence electrons. The Kier molecular flexibility index (Phi) is 5.84. The highest BCUT2D eigenvalue weighted by atomic mass is 35.5. The summed E-state index contributed by atoms with van der Waals surface area (Å²) in [5, 5.41) is 0.718. The van der Waals surface area contributed by atoms with Crippen LogP contribution >= 0.6 is 11.6 Å². The Labute approximate surface area is 170 Å². The van der Waals surface area contributed by atoms with E-state index in [2.05, 4.69) is 27.9 Å². The van der Waals surface area contributed by atoms with Gasteiger partial charge in [0.15, 0.2) is 5.82 Å². The number of rotatable bonds is 6. The van der Waals surface area contributed by atoms with Gasteiger partial charge in [-0.3, -0.25) is 4.90 Å². The van der Waals surface area contributed by atoms with Crippen LogP contribution in [0.5, 0.6) is 5.88 Å². The summed E-state index contributed by atoms with van der Waals surface area (Å²) in [6.07, 6.45) is 5.62. The molecular formula is C22H23ClN4O. The Morgan fingerprint density at radius 1 is 1.14 bits per heavy atom. The van der Waals surface area contributed by atoms with Crippen molar-refractivity contribution in [1.29, 1.82) is 0 Å². The van der Waals surface area contributed by atoms with Crippen molar-refractivity contribution < 1.29 is 4.74 Å². The van der Waals surface area contributed by atoms with Gasteiger partial charge in [-0.2, -0.15) is 0 Å². The molecule has 0 spiro atoms. The molecule has 28 heavy (non-hydrogen) atoms. The third kappa shape index (κ3) is 4.32. The molecule has 1 aromatic carbocycles. The largest absolute Gasteiger partial charge is 0.477 e. The molecule has 3 heterocycles. The van der Waals surface area contributed by atoms with Gasteiger partial charge < -0.3 is 4.74 Å². The number of hydrogen-bond donors (Lipinski definition) is 0. The summed E-state index contributed by atoms with van der Waals surface area (Å²) in [7, 11) is 0. The van der Waals surface area contributed by atoms with Crippen molar-refractivity contribution in [3.63, 3.8) is 0 Å². The van der Waals surface area contributed by atoms with E-state index in [0.717, 1.165) is 66.0 Å². The lowest BCUT2D eigenvalue weighted by Crippen LogP contribution is -2.31. The van der Waals surface area contributed by atoms with Gasteiger partial charge in [-0.05, 0) is 36.8 Å². The first-order chi connectivity index (χ1) is 13.7. The number of hydrogen-bond acceptors (Lipinski definition) is 5. The summed E-state index contributed by atoms with van der Waals surface area (Å²) in [5.41, 5.74) is 4.43. The van der Waals surface area contributed by atoms with Gasteiger partial charge in [0.05, 0.1) is 12.3 Å². The van der Waals surface area contributed by atoms with Crippen molar-refractivity contribution >= 4 is 11.6 Å². The first kappa shape index (κ1) is 18.8. The van der Waals surface area contributed by atoms with Crippen LogP contribution in [-0.2, 0) is 19.5 Å². The van der Waals surface area contributed by atoms with E-state index in [4.69, 9.17) is 21.3 Å². The van der Waals surface area contributed by atoms with Gasteiger partial charge in [-0.1, -0.05) is 24.6 Å². The Morgan fingerprint density at radius 2 is 2.00 bits per heavy atom. The zero-order chi connectivity index (χ0) is 19.3. The van der Waals surface area contributed by atoms with Gasteiger partial charge in [0.2, 0.25) is 5.88 Å². The predicted molar refractivity (Wildman–Crippen MR) is 110 cm³/mol. The number of ether oxygens (including phenoxy) is 1. The number of pyridine rings is 1. The Morgan fingerprint density at radius 3 is 2.82 bits per heavy atom. The maximum atomic E-state index is 5.98. The lowest BCUT2D eigenvalue weighted by Gasteiger charge is -2.28. The minimum Gasteiger partial charge on any atom is -0.477 e. The van der Waals surface area contributed by atoms with E-state index < -0.39 is 0 Å². The average molecular weight is 395 g/mol. The van der Waals surface area contributed by atoms with Crippen molar-refractivity contribution in [2.75, 3.05) is 13.2 Å². The van der Waals surface area contributed by atoms with Crippen molar-refractivity contribution in [1.82, 2.24) is 19.9 Å². The van der Waals surface area contributed by atoms with Crippen LogP contribution in [0.2, 0.25) is 5.02 Å². The molecule has 0 bridgehead atoms. The van der Waals surface area contributed by atoms with Crippen LogP contribution in [0.1, 0.15) is 30.2 Å². The number of nitrogens with zero attached hydrogens (tertiary/aromatic N) is 4. The number of halogens is 1. The first-order valence-electron chi connectivity index (χ1n) is 9.62. The van der Waals surface area contributed by atoms with E-state index in [9.17, 15) is 0 Å². The van der Waals surface area contributed by atoms with E-state index in [1.807, 2.05) is 36.5 Å². The third-order valence-corrected chi connectivity index (χ3v) is 5.05. The normalized spacial score (nSPS) is 13.9. The summed E-state index contributed by atoms with van der Waals surface area (Å²) < 4.78 is 5.80. The maximum absolute atomic E-state index is 5.98. The van der Waals surface area contributed by atoms with Crippen molar-refractivity contribution in [2.45, 2.75) is 32.9 Å². The van der Waals surface area contributed by atoms with Gasteiger partial charge in [-0.25, -0.2) is 15.0 Å². The van der Waals surface area contributed by atoms with E-state index >= 15 is 0 Å². The highest BCUT2D eigenvalue weighted by Gasteiger charge is 2.20. The van der Waals surface area contributed by atoms with Gasteiger partial charge in [0.25, 0.3) is 0 Å². The molecule has 0 aliphatic carbocycles. The lowest BCUT2D eigenvalue weighted by atomic mass is 10.1. The zero-order valence-corrected chi connectivity index (χ0v) is 16.7. The Bertz CT molecular complexity index is 946. The van der Waals surface area contributed by atoms with Crippen LogP contribution in [0.3, 0.4) is 0 Å². The molecule has 2 aromatic heterocycles. The SMILES string of the molecule is CCCOc1ncccc1CN1CCc2nc(-c3ccc(Cl)cc3)ncc2C1. The second kappa shape index (κ2) is 8.67. The second-order valence-corrected chi connectivity index (χ2v) is 7.39. The van der Waals surface area contributed by atoms with E-state index in [0.29, 0.717) is 6.61 Å². The molecule has 0 saturated carbocycles. The molecule has 5 nitrogen and oxygen atoms in total. The topological polar surface area (TPSA) is 51.1 Å². The van der Waals surface area contributed by atoms with Crippen molar-refractivity contribution in [3.8, 4) is 17.3 Å². The Hall–Kier alpha value is -2.50. The molecular weight excluding hydrogens is 372 g/mol. The minimum atomic E-state index is 0.689. The van der Waals surface area contributed by atoms with Crippen LogP contribution < -0.4 is 4.74 Å². The predicted octanol–water partition coefficient (Wildman–Crippen LogP) is 4.54. The fourth-order valence-corrected chi connectivity index (χ4v) is 3.49. The summed E-state index contributed by atoms with van der Waals surface area (Å²) in [5.74, 6) is 1.50. The van der Waals surface area contributed by atoms with Gasteiger partial charge in [-0.15, -0.1) is 0 Å². The fourth-order valence-electron chi connectivity index (χ4n) is 3.36. The van der Waals surface area contributed by atoms with Crippen LogP contribution in [0, 0.1) is 0 Å². The summed E-state index contributed by atoms with van der Waals surface area (Å²) >= 11 is 5.98. The number of fused-ring (bicyclic) bond motifs is 1. The van der Waals surface area contributed by atoms with Crippen molar-refractivity contribution in [2.24, 2.45) is 0 Å². The molecule has 0 N–H and O–H groups in total.